The summed E-state index contributed by atoms with van der Waals surface area (Å²) in [6, 6.07) is 7.00. The second-order valence-corrected chi connectivity index (χ2v) is 10.8. The smallest absolute Gasteiger partial charge is 0.415 e. The van der Waals surface area contributed by atoms with Gasteiger partial charge in [-0.25, -0.2) is 19.2 Å². The Kier molecular flexibility index (Phi) is 7.65. The summed E-state index contributed by atoms with van der Waals surface area (Å²) >= 11 is 0. The first-order valence-corrected chi connectivity index (χ1v) is 13.3. The molecule has 1 unspecified atom stereocenters. The monoisotopic (exact) mass is 578 g/mol. The van der Waals surface area contributed by atoms with Gasteiger partial charge < -0.3 is 20.1 Å². The Morgan fingerprint density at radius 1 is 1.19 bits per heavy atom. The molecule has 4 aromatic heterocycles. The van der Waals surface area contributed by atoms with E-state index in [4.69, 9.17) is 9.47 Å². The average molecular weight is 579 g/mol. The Balaban J connectivity index is 1.57. The Morgan fingerprint density at radius 2 is 1.98 bits per heavy atom. The molecule has 4 aromatic rings. The van der Waals surface area contributed by atoms with Crippen LogP contribution in [0, 0.1) is 5.82 Å². The minimum atomic E-state index is -0.774. The van der Waals surface area contributed by atoms with Crippen LogP contribution in [0.25, 0.3) is 11.5 Å². The minimum Gasteiger partial charge on any atom is -0.443 e. The summed E-state index contributed by atoms with van der Waals surface area (Å²) in [5.74, 6) is -0.923. The first-order chi connectivity index (χ1) is 20.0. The minimum absolute atomic E-state index is 0.0493. The number of rotatable bonds is 7. The lowest BCUT2D eigenvalue weighted by Crippen LogP contribution is -2.51. The van der Waals surface area contributed by atoms with Crippen molar-refractivity contribution in [3.8, 4) is 5.82 Å². The number of pyridine rings is 2. The summed E-state index contributed by atoms with van der Waals surface area (Å²) in [4.78, 5) is 49.3. The van der Waals surface area contributed by atoms with Crippen molar-refractivity contribution < 1.29 is 23.5 Å². The molecule has 5 rings (SSSR count). The van der Waals surface area contributed by atoms with Gasteiger partial charge in [0.2, 0.25) is 0 Å². The van der Waals surface area contributed by atoms with Crippen molar-refractivity contribution >= 4 is 35.0 Å². The van der Waals surface area contributed by atoms with Gasteiger partial charge in [0.15, 0.2) is 17.3 Å². The number of methoxy groups -OCH3 is 1. The third kappa shape index (κ3) is 5.65. The van der Waals surface area contributed by atoms with Crippen LogP contribution in [0.1, 0.15) is 44.0 Å². The van der Waals surface area contributed by atoms with Gasteiger partial charge in [0.25, 0.3) is 11.5 Å². The maximum absolute atomic E-state index is 14.4. The molecule has 2 N–H and O–H groups in total. The summed E-state index contributed by atoms with van der Waals surface area (Å²) in [6.45, 7) is 5.22. The fraction of sp³-hybridized carbons (Fsp3) is 0.357. The highest BCUT2D eigenvalue weighted by molar-refractivity contribution is 6.00. The molecule has 220 valence electrons. The zero-order valence-corrected chi connectivity index (χ0v) is 23.8. The molecule has 0 radical (unpaired) electrons. The van der Waals surface area contributed by atoms with Crippen molar-refractivity contribution in [1.29, 1.82) is 0 Å². The topological polar surface area (TPSA) is 145 Å². The van der Waals surface area contributed by atoms with E-state index in [9.17, 15) is 18.8 Å². The largest absolute Gasteiger partial charge is 0.443 e. The maximum Gasteiger partial charge on any atom is 0.415 e. The summed E-state index contributed by atoms with van der Waals surface area (Å²) in [5.41, 5.74) is -1.04. The fourth-order valence-corrected chi connectivity index (χ4v) is 4.45. The number of aromatic nitrogens is 5. The van der Waals surface area contributed by atoms with Crippen molar-refractivity contribution in [2.24, 2.45) is 0 Å². The van der Waals surface area contributed by atoms with E-state index in [-0.39, 0.29) is 46.5 Å². The van der Waals surface area contributed by atoms with E-state index < -0.39 is 29.0 Å². The van der Waals surface area contributed by atoms with Crippen LogP contribution in [0.5, 0.6) is 0 Å². The Morgan fingerprint density at radius 3 is 2.64 bits per heavy atom. The van der Waals surface area contributed by atoms with Crippen LogP contribution in [0.15, 0.2) is 53.7 Å². The third-order valence-corrected chi connectivity index (χ3v) is 6.72. The van der Waals surface area contributed by atoms with Crippen molar-refractivity contribution in [3.05, 3.63) is 70.7 Å². The van der Waals surface area contributed by atoms with Crippen LogP contribution in [0.2, 0.25) is 0 Å². The molecule has 1 saturated carbocycles. The van der Waals surface area contributed by atoms with Gasteiger partial charge in [0, 0.05) is 32.6 Å². The number of carbonyl (C=O) groups excluding carboxylic acids is 2. The van der Waals surface area contributed by atoms with E-state index in [2.05, 4.69) is 25.7 Å². The van der Waals surface area contributed by atoms with Crippen molar-refractivity contribution in [1.82, 2.24) is 29.5 Å². The molecule has 1 aliphatic carbocycles. The van der Waals surface area contributed by atoms with Gasteiger partial charge in [-0.2, -0.15) is 9.61 Å². The van der Waals surface area contributed by atoms with Gasteiger partial charge in [-0.05, 0) is 57.9 Å². The molecule has 2 amide bonds. The number of ether oxygens (including phenoxy) is 2. The first kappa shape index (κ1) is 28.7. The van der Waals surface area contributed by atoms with Crippen LogP contribution >= 0.6 is 0 Å². The van der Waals surface area contributed by atoms with Crippen LogP contribution in [-0.4, -0.2) is 68.1 Å². The predicted octanol–water partition coefficient (Wildman–Crippen LogP) is 3.44. The third-order valence-electron chi connectivity index (χ3n) is 6.72. The van der Waals surface area contributed by atoms with Crippen LogP contribution in [0.4, 0.5) is 26.5 Å². The molecule has 0 spiro atoms. The van der Waals surface area contributed by atoms with Crippen molar-refractivity contribution in [2.75, 3.05) is 24.4 Å². The van der Waals surface area contributed by atoms with Gasteiger partial charge in [-0.3, -0.25) is 19.1 Å². The number of nitrogens with zero attached hydrogens (tertiary/aromatic N) is 6. The van der Waals surface area contributed by atoms with Gasteiger partial charge >= 0.3 is 6.09 Å². The number of halogens is 1. The van der Waals surface area contributed by atoms with Crippen LogP contribution in [-0.2, 0) is 9.47 Å². The lowest BCUT2D eigenvalue weighted by molar-refractivity contribution is 0.00732. The molecule has 2 atom stereocenters. The second-order valence-electron chi connectivity index (χ2n) is 10.8. The van der Waals surface area contributed by atoms with Gasteiger partial charge in [0.1, 0.15) is 28.5 Å². The molecule has 1 aliphatic rings. The summed E-state index contributed by atoms with van der Waals surface area (Å²) in [7, 11) is 3.08. The summed E-state index contributed by atoms with van der Waals surface area (Å²) < 4.78 is 27.7. The van der Waals surface area contributed by atoms with Crippen LogP contribution in [0.3, 0.4) is 0 Å². The zero-order chi connectivity index (χ0) is 30.2. The van der Waals surface area contributed by atoms with Crippen LogP contribution < -0.4 is 21.1 Å². The number of nitrogens with one attached hydrogen (secondary N) is 2. The molecule has 0 bridgehead atoms. The molecule has 4 heterocycles. The molecule has 0 aliphatic heterocycles. The number of fused-ring (bicyclic) bond motifs is 1. The van der Waals surface area contributed by atoms with Gasteiger partial charge in [0.05, 0.1) is 18.3 Å². The molecular formula is C28H31FN8O5. The highest BCUT2D eigenvalue weighted by Crippen LogP contribution is 2.26. The molecule has 13 nitrogen and oxygen atoms in total. The van der Waals surface area contributed by atoms with Crippen molar-refractivity contribution in [2.45, 2.75) is 51.4 Å². The fourth-order valence-electron chi connectivity index (χ4n) is 4.45. The van der Waals surface area contributed by atoms with Gasteiger partial charge in [-0.15, -0.1) is 0 Å². The maximum atomic E-state index is 14.4. The highest BCUT2D eigenvalue weighted by Gasteiger charge is 2.33. The van der Waals surface area contributed by atoms with E-state index in [1.807, 2.05) is 0 Å². The number of hydrogen-bond acceptors (Lipinski definition) is 9. The molecule has 14 heteroatoms. The first-order valence-electron chi connectivity index (χ1n) is 13.3. The van der Waals surface area contributed by atoms with E-state index >= 15 is 0 Å². The lowest BCUT2D eigenvalue weighted by atomic mass is 9.89. The molecule has 0 saturated heterocycles. The highest BCUT2D eigenvalue weighted by atomic mass is 19.1. The number of hydrogen-bond donors (Lipinski definition) is 2. The molecular weight excluding hydrogens is 547 g/mol. The Hall–Kier alpha value is -4.85. The summed E-state index contributed by atoms with van der Waals surface area (Å²) in [5, 5.41) is 10.2. The van der Waals surface area contributed by atoms with Gasteiger partial charge in [-0.1, -0.05) is 0 Å². The molecule has 0 aromatic carbocycles. The Bertz CT molecular complexity index is 1710. The van der Waals surface area contributed by atoms with E-state index in [1.54, 1.807) is 33.9 Å². The SMILES string of the molecule is CO[C@@H]1CCC1NC(=O)c1cnn2c(N(C)C(=O)OC(C)(C)C)cc(Nc3cccn(-c4ncccc4F)c3=O)nc12. The number of carbonyl (C=O) groups is 2. The zero-order valence-electron chi connectivity index (χ0n) is 23.8. The van der Waals surface area contributed by atoms with E-state index in [0.29, 0.717) is 0 Å². The van der Waals surface area contributed by atoms with E-state index in [0.717, 1.165) is 17.4 Å². The second kappa shape index (κ2) is 11.2. The lowest BCUT2D eigenvalue weighted by Gasteiger charge is -2.35. The molecule has 1 fully saturated rings. The van der Waals surface area contributed by atoms with E-state index in [1.165, 1.54) is 59.3 Å². The average Bonchev–Trinajstić information content (AvgIpc) is 3.35. The standard InChI is InChI=1S/C28H31FN8O5/c1-28(2,3)42-27(40)35(4)22-14-21(32-19-9-7-13-36(26(19)39)24-17(29)8-6-12-30-24)34-23-16(15-31-37(22)23)25(38)33-18-10-11-20(18)41-5/h6-9,12-15,18,20H,10-11H2,1-5H3,(H,32,34)(H,33,38)/t18?,20-/m1/s1. The normalized spacial score (nSPS) is 16.5. The number of anilines is 3. The molecule has 42 heavy (non-hydrogen) atoms. The predicted molar refractivity (Wildman–Crippen MR) is 152 cm³/mol. The Labute approximate surface area is 240 Å². The number of amides is 2. The summed E-state index contributed by atoms with van der Waals surface area (Å²) in [6.07, 6.45) is 4.98. The quantitative estimate of drug-likeness (QED) is 0.337. The van der Waals surface area contributed by atoms with Crippen molar-refractivity contribution in [3.63, 3.8) is 0 Å².